The number of hydrogen-bond donors (Lipinski definition) is 0. The van der Waals surface area contributed by atoms with Gasteiger partial charge < -0.3 is 9.42 Å². The molecule has 0 N–H and O–H groups in total. The number of hydrogen-bond acceptors (Lipinski definition) is 3. The van der Waals surface area contributed by atoms with E-state index in [-0.39, 0.29) is 5.91 Å². The van der Waals surface area contributed by atoms with E-state index >= 15 is 0 Å². The lowest BCUT2D eigenvalue weighted by Crippen LogP contribution is -2.26. The molecule has 0 aliphatic carbocycles. The molecule has 0 radical (unpaired) electrons. The summed E-state index contributed by atoms with van der Waals surface area (Å²) in [5, 5.41) is 4.06. The second kappa shape index (κ2) is 5.26. The quantitative estimate of drug-likeness (QED) is 0.850. The number of amides is 1. The van der Waals surface area contributed by atoms with E-state index in [1.54, 1.807) is 18.9 Å². The van der Waals surface area contributed by atoms with E-state index in [1.165, 1.54) is 0 Å². The Bertz CT molecular complexity index is 602. The predicted molar refractivity (Wildman–Crippen MR) is 74.0 cm³/mol. The Kier molecular flexibility index (Phi) is 3.69. The third-order valence-corrected chi connectivity index (χ3v) is 3.30. The van der Waals surface area contributed by atoms with Crippen molar-refractivity contribution in [2.75, 3.05) is 13.6 Å². The van der Waals surface area contributed by atoms with Crippen molar-refractivity contribution >= 4 is 5.91 Å². The normalized spacial score (nSPS) is 10.5. The molecule has 4 heteroatoms. The SMILES string of the molecule is CCN(C)C(=O)c1c(-c2ccccc2C)noc1C. The largest absolute Gasteiger partial charge is 0.360 e. The zero-order valence-corrected chi connectivity index (χ0v) is 11.7. The zero-order chi connectivity index (χ0) is 14.0. The molecule has 19 heavy (non-hydrogen) atoms. The van der Waals surface area contributed by atoms with Crippen LogP contribution in [0.4, 0.5) is 0 Å². The number of aromatic nitrogens is 1. The lowest BCUT2D eigenvalue weighted by molar-refractivity contribution is 0.0801. The topological polar surface area (TPSA) is 46.3 Å². The molecule has 1 heterocycles. The highest BCUT2D eigenvalue weighted by Crippen LogP contribution is 2.28. The predicted octanol–water partition coefficient (Wildman–Crippen LogP) is 3.05. The van der Waals surface area contributed by atoms with Gasteiger partial charge in [0.25, 0.3) is 5.91 Å². The molecule has 0 aliphatic heterocycles. The Hall–Kier alpha value is -2.10. The van der Waals surface area contributed by atoms with Crippen LogP contribution in [0.3, 0.4) is 0 Å². The Labute approximate surface area is 113 Å². The summed E-state index contributed by atoms with van der Waals surface area (Å²) in [6.07, 6.45) is 0. The van der Waals surface area contributed by atoms with E-state index in [4.69, 9.17) is 4.52 Å². The van der Waals surface area contributed by atoms with E-state index in [1.807, 2.05) is 38.1 Å². The fourth-order valence-corrected chi connectivity index (χ4v) is 1.98. The highest BCUT2D eigenvalue weighted by molar-refractivity contribution is 6.00. The molecule has 100 valence electrons. The first kappa shape index (κ1) is 13.3. The van der Waals surface area contributed by atoms with Crippen LogP contribution in [0.1, 0.15) is 28.6 Å². The van der Waals surface area contributed by atoms with E-state index in [0.29, 0.717) is 23.6 Å². The van der Waals surface area contributed by atoms with Crippen LogP contribution in [-0.4, -0.2) is 29.6 Å². The maximum atomic E-state index is 12.4. The van der Waals surface area contributed by atoms with Gasteiger partial charge in [0.05, 0.1) is 0 Å². The average molecular weight is 258 g/mol. The van der Waals surface area contributed by atoms with Crippen molar-refractivity contribution in [3.8, 4) is 11.3 Å². The highest BCUT2D eigenvalue weighted by Gasteiger charge is 2.24. The van der Waals surface area contributed by atoms with Crippen LogP contribution >= 0.6 is 0 Å². The van der Waals surface area contributed by atoms with Crippen molar-refractivity contribution in [1.82, 2.24) is 10.1 Å². The molecule has 0 aliphatic rings. The number of nitrogens with zero attached hydrogens (tertiary/aromatic N) is 2. The van der Waals surface area contributed by atoms with Crippen molar-refractivity contribution in [3.05, 3.63) is 41.2 Å². The Morgan fingerprint density at radius 3 is 2.63 bits per heavy atom. The third kappa shape index (κ3) is 2.38. The number of rotatable bonds is 3. The van der Waals surface area contributed by atoms with Crippen molar-refractivity contribution in [1.29, 1.82) is 0 Å². The first-order valence-electron chi connectivity index (χ1n) is 6.34. The van der Waals surface area contributed by atoms with Crippen LogP contribution in [0.2, 0.25) is 0 Å². The number of carbonyl (C=O) groups excluding carboxylic acids is 1. The second-order valence-electron chi connectivity index (χ2n) is 4.60. The van der Waals surface area contributed by atoms with Gasteiger partial charge >= 0.3 is 0 Å². The molecule has 1 aromatic heterocycles. The lowest BCUT2D eigenvalue weighted by atomic mass is 10.0. The molecule has 0 saturated heterocycles. The van der Waals surface area contributed by atoms with Gasteiger partial charge in [0.1, 0.15) is 17.0 Å². The molecule has 0 bridgehead atoms. The van der Waals surface area contributed by atoms with Crippen LogP contribution in [-0.2, 0) is 0 Å². The smallest absolute Gasteiger partial charge is 0.259 e. The number of aryl methyl sites for hydroxylation is 2. The van der Waals surface area contributed by atoms with Gasteiger partial charge in [-0.2, -0.15) is 0 Å². The van der Waals surface area contributed by atoms with Crippen molar-refractivity contribution < 1.29 is 9.32 Å². The van der Waals surface area contributed by atoms with Crippen LogP contribution in [0.15, 0.2) is 28.8 Å². The molecular weight excluding hydrogens is 240 g/mol. The minimum atomic E-state index is -0.0560. The Morgan fingerprint density at radius 1 is 1.32 bits per heavy atom. The van der Waals surface area contributed by atoms with Crippen molar-refractivity contribution in [2.24, 2.45) is 0 Å². The molecule has 4 nitrogen and oxygen atoms in total. The molecule has 1 amide bonds. The van der Waals surface area contributed by atoms with Gasteiger partial charge in [-0.05, 0) is 26.3 Å². The number of carbonyl (C=O) groups is 1. The molecule has 2 rings (SSSR count). The molecule has 0 unspecified atom stereocenters. The van der Waals surface area contributed by atoms with Gasteiger partial charge in [0.15, 0.2) is 0 Å². The van der Waals surface area contributed by atoms with Gasteiger partial charge in [-0.1, -0.05) is 29.4 Å². The summed E-state index contributed by atoms with van der Waals surface area (Å²) in [5.41, 5.74) is 3.19. The van der Waals surface area contributed by atoms with Gasteiger partial charge in [0, 0.05) is 19.2 Å². The number of benzene rings is 1. The van der Waals surface area contributed by atoms with E-state index in [2.05, 4.69) is 5.16 Å². The Morgan fingerprint density at radius 2 is 2.00 bits per heavy atom. The van der Waals surface area contributed by atoms with Crippen LogP contribution in [0.25, 0.3) is 11.3 Å². The molecule has 0 fully saturated rings. The Balaban J connectivity index is 2.55. The summed E-state index contributed by atoms with van der Waals surface area (Å²) in [6.45, 7) is 6.35. The van der Waals surface area contributed by atoms with Gasteiger partial charge in [-0.3, -0.25) is 4.79 Å². The lowest BCUT2D eigenvalue weighted by Gasteiger charge is -2.14. The average Bonchev–Trinajstić information content (AvgIpc) is 2.79. The van der Waals surface area contributed by atoms with Crippen LogP contribution < -0.4 is 0 Å². The fraction of sp³-hybridized carbons (Fsp3) is 0.333. The first-order chi connectivity index (χ1) is 9.06. The minimum Gasteiger partial charge on any atom is -0.360 e. The van der Waals surface area contributed by atoms with Crippen molar-refractivity contribution in [2.45, 2.75) is 20.8 Å². The third-order valence-electron chi connectivity index (χ3n) is 3.30. The van der Waals surface area contributed by atoms with Crippen molar-refractivity contribution in [3.63, 3.8) is 0 Å². The summed E-state index contributed by atoms with van der Waals surface area (Å²) in [6, 6.07) is 7.85. The van der Waals surface area contributed by atoms with E-state index in [0.717, 1.165) is 11.1 Å². The molecule has 1 aromatic carbocycles. The summed E-state index contributed by atoms with van der Waals surface area (Å²) in [4.78, 5) is 14.0. The van der Waals surface area contributed by atoms with Gasteiger partial charge in [-0.15, -0.1) is 0 Å². The summed E-state index contributed by atoms with van der Waals surface area (Å²) in [7, 11) is 1.77. The minimum absolute atomic E-state index is 0.0560. The van der Waals surface area contributed by atoms with Crippen LogP contribution in [0.5, 0.6) is 0 Å². The van der Waals surface area contributed by atoms with Gasteiger partial charge in [0.2, 0.25) is 0 Å². The molecule has 0 atom stereocenters. The maximum Gasteiger partial charge on any atom is 0.259 e. The summed E-state index contributed by atoms with van der Waals surface area (Å²) in [5.74, 6) is 0.503. The standard InChI is InChI=1S/C15H18N2O2/c1-5-17(4)15(18)13-11(3)19-16-14(13)12-9-7-6-8-10(12)2/h6-9H,5H2,1-4H3. The van der Waals surface area contributed by atoms with Gasteiger partial charge in [-0.25, -0.2) is 0 Å². The van der Waals surface area contributed by atoms with E-state index in [9.17, 15) is 4.79 Å². The molecule has 0 spiro atoms. The highest BCUT2D eigenvalue weighted by atomic mass is 16.5. The van der Waals surface area contributed by atoms with Crippen LogP contribution in [0, 0.1) is 13.8 Å². The second-order valence-corrected chi connectivity index (χ2v) is 4.60. The monoisotopic (exact) mass is 258 g/mol. The molecular formula is C15H18N2O2. The van der Waals surface area contributed by atoms with E-state index < -0.39 is 0 Å². The fourth-order valence-electron chi connectivity index (χ4n) is 1.98. The maximum absolute atomic E-state index is 12.4. The summed E-state index contributed by atoms with van der Waals surface area (Å²) < 4.78 is 5.22. The summed E-state index contributed by atoms with van der Waals surface area (Å²) >= 11 is 0. The molecule has 2 aromatic rings. The molecule has 0 saturated carbocycles. The zero-order valence-electron chi connectivity index (χ0n) is 11.7. The first-order valence-corrected chi connectivity index (χ1v) is 6.34.